The Labute approximate surface area is 157 Å². The predicted molar refractivity (Wildman–Crippen MR) is 116 cm³/mol. The van der Waals surface area contributed by atoms with Crippen molar-refractivity contribution >= 4 is 24.5 Å². The molecule has 0 bridgehead atoms. The number of hydrogen-bond acceptors (Lipinski definition) is 2. The Morgan fingerprint density at radius 3 is 2.15 bits per heavy atom. The molecule has 2 aromatic rings. The number of rotatable bonds is 6. The van der Waals surface area contributed by atoms with Gasteiger partial charge < -0.3 is 9.71 Å². The standard InChI is InChI=1S/C23H25BN2/c1-5-7-15-21-20(6-2)26(24-18(3)4)23-17-12-11-16-22(23)25(21)19-13-9-8-10-14-19/h5-18,24H,1-2H2,3-4H3/b15-7-. The summed E-state index contributed by atoms with van der Waals surface area (Å²) in [6.07, 6.45) is 7.86. The fraction of sp³-hybridized carbons (Fsp3) is 0.130. The molecule has 1 aliphatic rings. The minimum absolute atomic E-state index is 0.533. The lowest BCUT2D eigenvalue weighted by molar-refractivity contribution is 1.02. The van der Waals surface area contributed by atoms with Gasteiger partial charge in [-0.05, 0) is 36.4 Å². The van der Waals surface area contributed by atoms with Crippen molar-refractivity contribution in [2.45, 2.75) is 19.7 Å². The average molecular weight is 340 g/mol. The van der Waals surface area contributed by atoms with Gasteiger partial charge in [0.2, 0.25) is 7.41 Å². The molecule has 2 aromatic carbocycles. The Morgan fingerprint density at radius 1 is 0.885 bits per heavy atom. The zero-order valence-electron chi connectivity index (χ0n) is 15.6. The van der Waals surface area contributed by atoms with Gasteiger partial charge in [0.15, 0.2) is 0 Å². The summed E-state index contributed by atoms with van der Waals surface area (Å²) in [5, 5.41) is 0. The second-order valence-electron chi connectivity index (χ2n) is 6.73. The van der Waals surface area contributed by atoms with E-state index in [2.05, 4.69) is 91.3 Å². The quantitative estimate of drug-likeness (QED) is 0.472. The second-order valence-corrected chi connectivity index (χ2v) is 6.73. The van der Waals surface area contributed by atoms with Crippen molar-refractivity contribution in [1.82, 2.24) is 0 Å². The molecule has 0 aliphatic carbocycles. The molecule has 0 N–H and O–H groups in total. The van der Waals surface area contributed by atoms with Gasteiger partial charge in [-0.15, -0.1) is 0 Å². The van der Waals surface area contributed by atoms with E-state index in [1.165, 1.54) is 11.4 Å². The summed E-state index contributed by atoms with van der Waals surface area (Å²) < 4.78 is 0. The van der Waals surface area contributed by atoms with Crippen molar-refractivity contribution in [2.75, 3.05) is 9.71 Å². The van der Waals surface area contributed by atoms with Gasteiger partial charge in [0.05, 0.1) is 22.8 Å². The van der Waals surface area contributed by atoms with E-state index in [0.29, 0.717) is 5.82 Å². The summed E-state index contributed by atoms with van der Waals surface area (Å²) in [6, 6.07) is 19.0. The van der Waals surface area contributed by atoms with Gasteiger partial charge in [0.1, 0.15) is 0 Å². The fourth-order valence-electron chi connectivity index (χ4n) is 3.34. The van der Waals surface area contributed by atoms with Gasteiger partial charge in [-0.2, -0.15) is 0 Å². The van der Waals surface area contributed by atoms with Crippen LogP contribution in [-0.4, -0.2) is 7.41 Å². The first-order chi connectivity index (χ1) is 12.7. The molecule has 0 fully saturated rings. The number of fused-ring (bicyclic) bond motifs is 1. The Balaban J connectivity index is 2.28. The van der Waals surface area contributed by atoms with Crippen LogP contribution in [0.25, 0.3) is 0 Å². The molecule has 0 saturated heterocycles. The van der Waals surface area contributed by atoms with Crippen LogP contribution < -0.4 is 9.71 Å². The van der Waals surface area contributed by atoms with Crippen LogP contribution in [0.4, 0.5) is 17.1 Å². The summed E-state index contributed by atoms with van der Waals surface area (Å²) >= 11 is 0. The number of hydrogen-bond donors (Lipinski definition) is 0. The molecule has 1 aliphatic heterocycles. The first-order valence-electron chi connectivity index (χ1n) is 9.05. The van der Waals surface area contributed by atoms with Crippen LogP contribution in [0.5, 0.6) is 0 Å². The van der Waals surface area contributed by atoms with E-state index in [-0.39, 0.29) is 0 Å². The van der Waals surface area contributed by atoms with Crippen molar-refractivity contribution in [1.29, 1.82) is 0 Å². The summed E-state index contributed by atoms with van der Waals surface area (Å²) in [6.45, 7) is 12.4. The molecule has 0 saturated carbocycles. The van der Waals surface area contributed by atoms with Gasteiger partial charge in [0, 0.05) is 5.69 Å². The normalized spacial score (nSPS) is 14.0. The van der Waals surface area contributed by atoms with Crippen molar-refractivity contribution in [3.05, 3.63) is 103 Å². The molecule has 0 atom stereocenters. The predicted octanol–water partition coefficient (Wildman–Crippen LogP) is 5.96. The highest BCUT2D eigenvalue weighted by atomic mass is 15.2. The van der Waals surface area contributed by atoms with Crippen molar-refractivity contribution in [3.8, 4) is 0 Å². The van der Waals surface area contributed by atoms with Gasteiger partial charge in [-0.25, -0.2) is 0 Å². The van der Waals surface area contributed by atoms with Crippen LogP contribution in [-0.2, 0) is 0 Å². The molecular weight excluding hydrogens is 315 g/mol. The van der Waals surface area contributed by atoms with Gasteiger partial charge >= 0.3 is 0 Å². The third-order valence-electron chi connectivity index (χ3n) is 4.35. The molecule has 0 spiro atoms. The van der Waals surface area contributed by atoms with Crippen LogP contribution in [0.2, 0.25) is 5.82 Å². The van der Waals surface area contributed by atoms with Crippen molar-refractivity contribution in [2.24, 2.45) is 0 Å². The summed E-state index contributed by atoms with van der Waals surface area (Å²) in [4.78, 5) is 4.67. The third kappa shape index (κ3) is 3.38. The fourth-order valence-corrected chi connectivity index (χ4v) is 3.34. The van der Waals surface area contributed by atoms with Gasteiger partial charge in [-0.1, -0.05) is 75.3 Å². The van der Waals surface area contributed by atoms with E-state index in [9.17, 15) is 0 Å². The minimum Gasteiger partial charge on any atom is -0.386 e. The molecule has 2 nitrogen and oxygen atoms in total. The third-order valence-corrected chi connectivity index (χ3v) is 4.35. The van der Waals surface area contributed by atoms with Crippen molar-refractivity contribution < 1.29 is 0 Å². The number of allylic oxidation sites excluding steroid dienone is 4. The average Bonchev–Trinajstić information content (AvgIpc) is 2.66. The maximum absolute atomic E-state index is 4.12. The highest BCUT2D eigenvalue weighted by molar-refractivity contribution is 6.45. The van der Waals surface area contributed by atoms with E-state index in [4.69, 9.17) is 0 Å². The molecule has 1 heterocycles. The summed E-state index contributed by atoms with van der Waals surface area (Å²) in [5.74, 6) is 0.533. The molecule has 0 aromatic heterocycles. The Kier molecular flexibility index (Phi) is 5.47. The van der Waals surface area contributed by atoms with Crippen LogP contribution in [0, 0.1) is 0 Å². The Bertz CT molecular complexity index is 850. The number of anilines is 3. The lowest BCUT2D eigenvalue weighted by Gasteiger charge is -2.41. The second kappa shape index (κ2) is 7.96. The Hall–Kier alpha value is -2.94. The van der Waals surface area contributed by atoms with Crippen LogP contribution >= 0.6 is 0 Å². The largest absolute Gasteiger partial charge is 0.386 e. The topological polar surface area (TPSA) is 6.48 Å². The zero-order valence-corrected chi connectivity index (χ0v) is 15.6. The minimum atomic E-state index is 0.533. The number of nitrogens with zero attached hydrogens (tertiary/aromatic N) is 2. The van der Waals surface area contributed by atoms with Gasteiger partial charge in [0.25, 0.3) is 0 Å². The van der Waals surface area contributed by atoms with Gasteiger partial charge in [-0.3, -0.25) is 0 Å². The number of benzene rings is 2. The van der Waals surface area contributed by atoms with E-state index < -0.39 is 0 Å². The first kappa shape index (κ1) is 17.9. The van der Waals surface area contributed by atoms with Crippen LogP contribution in [0.3, 0.4) is 0 Å². The molecule has 0 unspecified atom stereocenters. The van der Waals surface area contributed by atoms with E-state index in [1.807, 2.05) is 24.3 Å². The lowest BCUT2D eigenvalue weighted by atomic mass is 9.74. The molecule has 0 radical (unpaired) electrons. The monoisotopic (exact) mass is 340 g/mol. The maximum atomic E-state index is 4.12. The molecule has 3 heteroatoms. The van der Waals surface area contributed by atoms with Crippen LogP contribution in [0.15, 0.2) is 103 Å². The molecule has 0 amide bonds. The maximum Gasteiger partial charge on any atom is 0.245 e. The first-order valence-corrected chi connectivity index (χ1v) is 9.05. The Morgan fingerprint density at radius 2 is 1.54 bits per heavy atom. The zero-order chi connectivity index (χ0) is 18.5. The summed E-state index contributed by atoms with van der Waals surface area (Å²) in [7, 11) is 0.937. The van der Waals surface area contributed by atoms with Crippen LogP contribution in [0.1, 0.15) is 13.8 Å². The smallest absolute Gasteiger partial charge is 0.245 e. The van der Waals surface area contributed by atoms with E-state index in [1.54, 1.807) is 0 Å². The molecule has 26 heavy (non-hydrogen) atoms. The van der Waals surface area contributed by atoms with Crippen molar-refractivity contribution in [3.63, 3.8) is 0 Å². The number of para-hydroxylation sites is 3. The molecule has 130 valence electrons. The molecule has 3 rings (SSSR count). The summed E-state index contributed by atoms with van der Waals surface area (Å²) in [5.41, 5.74) is 5.72. The lowest BCUT2D eigenvalue weighted by Crippen LogP contribution is -2.36. The van der Waals surface area contributed by atoms with E-state index >= 15 is 0 Å². The molecular formula is C23H25BN2. The highest BCUT2D eigenvalue weighted by Crippen LogP contribution is 2.44. The SMILES string of the molecule is C=C/C=C\C1=C(C=C)N(BC(C)C)c2ccccc2N1c1ccccc1. The highest BCUT2D eigenvalue weighted by Gasteiger charge is 2.29. The van der Waals surface area contributed by atoms with E-state index in [0.717, 1.165) is 24.5 Å².